The number of ether oxygens (including phenoxy) is 1. The van der Waals surface area contributed by atoms with Crippen LogP contribution in [0.25, 0.3) is 0 Å². The summed E-state index contributed by atoms with van der Waals surface area (Å²) in [6.45, 7) is 0.267. The summed E-state index contributed by atoms with van der Waals surface area (Å²) in [6, 6.07) is 7.13. The van der Waals surface area contributed by atoms with Crippen molar-refractivity contribution in [3.8, 4) is 0 Å². The molecule has 0 unspecified atom stereocenters. The van der Waals surface area contributed by atoms with Gasteiger partial charge >= 0.3 is 0 Å². The molecule has 0 bridgehead atoms. The highest BCUT2D eigenvalue weighted by Gasteiger charge is 2.34. The fourth-order valence-electron chi connectivity index (χ4n) is 3.38. The van der Waals surface area contributed by atoms with Gasteiger partial charge in [0.2, 0.25) is 11.8 Å². The second kappa shape index (κ2) is 9.53. The van der Waals surface area contributed by atoms with E-state index in [2.05, 4.69) is 10.6 Å². The molecule has 2 fully saturated rings. The Kier molecular flexibility index (Phi) is 7.10. The molecule has 7 heteroatoms. The maximum Gasteiger partial charge on any atom is 0.222 e. The van der Waals surface area contributed by atoms with Crippen LogP contribution in [0.1, 0.15) is 44.1 Å². The summed E-state index contributed by atoms with van der Waals surface area (Å²) in [7, 11) is 0. The van der Waals surface area contributed by atoms with Gasteiger partial charge < -0.3 is 20.5 Å². The van der Waals surface area contributed by atoms with Crippen molar-refractivity contribution in [3.63, 3.8) is 0 Å². The Hall–Kier alpha value is -1.63. The zero-order valence-electron chi connectivity index (χ0n) is 15.3. The fourth-order valence-corrected chi connectivity index (χ4v) is 3.50. The van der Waals surface area contributed by atoms with E-state index in [0.717, 1.165) is 18.4 Å². The number of carbonyl (C=O) groups is 2. The molecule has 27 heavy (non-hydrogen) atoms. The number of hydrogen-bond acceptors (Lipinski definition) is 4. The van der Waals surface area contributed by atoms with E-state index in [1.165, 1.54) is 0 Å². The van der Waals surface area contributed by atoms with Crippen LogP contribution in [0.5, 0.6) is 0 Å². The van der Waals surface area contributed by atoms with E-state index in [0.29, 0.717) is 36.7 Å². The van der Waals surface area contributed by atoms with Crippen molar-refractivity contribution >= 4 is 23.4 Å². The van der Waals surface area contributed by atoms with Crippen LogP contribution in [0, 0.1) is 5.92 Å². The molecule has 6 nitrogen and oxygen atoms in total. The minimum absolute atomic E-state index is 0.0312. The Labute approximate surface area is 164 Å². The van der Waals surface area contributed by atoms with Gasteiger partial charge in [-0.25, -0.2) is 0 Å². The zero-order valence-corrected chi connectivity index (χ0v) is 16.1. The van der Waals surface area contributed by atoms with Gasteiger partial charge in [-0.05, 0) is 49.3 Å². The summed E-state index contributed by atoms with van der Waals surface area (Å²) in [5.74, 6) is 0.464. The minimum atomic E-state index is -0.462. The molecule has 3 N–H and O–H groups in total. The highest BCUT2D eigenvalue weighted by Crippen LogP contribution is 2.32. The SMILES string of the molecule is O=C(C[C@H]1CC[C@H](NC(=O)CC2CC2)[C@H](CO)O1)NCc1ccc(Cl)cc1. The van der Waals surface area contributed by atoms with Crippen LogP contribution in [0.4, 0.5) is 0 Å². The molecule has 1 aliphatic heterocycles. The third kappa shape index (κ3) is 6.48. The standard InChI is InChI=1S/C20H27ClN2O4/c21-15-5-3-14(4-6-15)11-22-19(25)10-16-7-8-17(18(12-24)27-16)23-20(26)9-13-1-2-13/h3-6,13,16-18,24H,1-2,7-12H2,(H,22,25)(H,23,26)/t16-,17+,18+/m1/s1. The summed E-state index contributed by atoms with van der Waals surface area (Å²) < 4.78 is 5.87. The van der Waals surface area contributed by atoms with Crippen molar-refractivity contribution in [1.82, 2.24) is 10.6 Å². The molecular formula is C20H27ClN2O4. The molecule has 0 aromatic heterocycles. The smallest absolute Gasteiger partial charge is 0.222 e. The maximum atomic E-state index is 12.2. The van der Waals surface area contributed by atoms with Gasteiger partial charge in [-0.15, -0.1) is 0 Å². The van der Waals surface area contributed by atoms with Crippen molar-refractivity contribution in [2.45, 2.75) is 63.3 Å². The minimum Gasteiger partial charge on any atom is -0.394 e. The lowest BCUT2D eigenvalue weighted by Crippen LogP contribution is -2.51. The van der Waals surface area contributed by atoms with Crippen LogP contribution >= 0.6 is 11.6 Å². The number of aliphatic hydroxyl groups excluding tert-OH is 1. The molecule has 0 radical (unpaired) electrons. The van der Waals surface area contributed by atoms with Crippen LogP contribution in [0.15, 0.2) is 24.3 Å². The van der Waals surface area contributed by atoms with E-state index in [-0.39, 0.29) is 37.0 Å². The molecule has 1 saturated heterocycles. The summed E-state index contributed by atoms with van der Waals surface area (Å²) in [6.07, 6.45) is 3.74. The van der Waals surface area contributed by atoms with Crippen molar-refractivity contribution in [2.75, 3.05) is 6.61 Å². The summed E-state index contributed by atoms with van der Waals surface area (Å²) in [5, 5.41) is 16.1. The first-order chi connectivity index (χ1) is 13.0. The lowest BCUT2D eigenvalue weighted by molar-refractivity contribution is -0.136. The van der Waals surface area contributed by atoms with E-state index >= 15 is 0 Å². The molecule has 2 amide bonds. The number of aliphatic hydroxyl groups is 1. The van der Waals surface area contributed by atoms with Gasteiger partial charge in [0.15, 0.2) is 0 Å². The maximum absolute atomic E-state index is 12.2. The molecule has 1 aromatic rings. The molecule has 2 aliphatic rings. The lowest BCUT2D eigenvalue weighted by atomic mass is 9.96. The quantitative estimate of drug-likeness (QED) is 0.630. The van der Waals surface area contributed by atoms with Crippen LogP contribution < -0.4 is 10.6 Å². The third-order valence-electron chi connectivity index (χ3n) is 5.13. The second-order valence-electron chi connectivity index (χ2n) is 7.49. The van der Waals surface area contributed by atoms with E-state index < -0.39 is 6.10 Å². The van der Waals surface area contributed by atoms with E-state index in [9.17, 15) is 14.7 Å². The normalized spacial score (nSPS) is 25.0. The van der Waals surface area contributed by atoms with E-state index in [4.69, 9.17) is 16.3 Å². The first kappa shape index (κ1) is 20.1. The monoisotopic (exact) mass is 394 g/mol. The highest BCUT2D eigenvalue weighted by atomic mass is 35.5. The highest BCUT2D eigenvalue weighted by molar-refractivity contribution is 6.30. The average molecular weight is 395 g/mol. The largest absolute Gasteiger partial charge is 0.394 e. The topological polar surface area (TPSA) is 87.7 Å². The number of carbonyl (C=O) groups excluding carboxylic acids is 2. The van der Waals surface area contributed by atoms with Crippen molar-refractivity contribution in [2.24, 2.45) is 5.92 Å². The van der Waals surface area contributed by atoms with E-state index in [1.54, 1.807) is 12.1 Å². The predicted molar refractivity (Wildman–Crippen MR) is 102 cm³/mol. The summed E-state index contributed by atoms with van der Waals surface area (Å²) in [5.41, 5.74) is 0.976. The molecular weight excluding hydrogens is 368 g/mol. The Morgan fingerprint density at radius 1 is 1.07 bits per heavy atom. The number of rotatable bonds is 8. The third-order valence-corrected chi connectivity index (χ3v) is 5.38. The number of benzene rings is 1. The van der Waals surface area contributed by atoms with Gasteiger partial charge in [-0.1, -0.05) is 23.7 Å². The van der Waals surface area contributed by atoms with Crippen molar-refractivity contribution in [1.29, 1.82) is 0 Å². The number of hydrogen-bond donors (Lipinski definition) is 3. The van der Waals surface area contributed by atoms with Gasteiger partial charge in [0.1, 0.15) is 6.10 Å². The predicted octanol–water partition coefficient (Wildman–Crippen LogP) is 2.17. The zero-order chi connectivity index (χ0) is 19.2. The lowest BCUT2D eigenvalue weighted by Gasteiger charge is -2.36. The fraction of sp³-hybridized carbons (Fsp3) is 0.600. The molecule has 1 aliphatic carbocycles. The molecule has 1 heterocycles. The molecule has 1 aromatic carbocycles. The van der Waals surface area contributed by atoms with Crippen molar-refractivity contribution < 1.29 is 19.4 Å². The van der Waals surface area contributed by atoms with E-state index in [1.807, 2.05) is 12.1 Å². The van der Waals surface area contributed by atoms with Crippen LogP contribution in [-0.2, 0) is 20.9 Å². The average Bonchev–Trinajstić information content (AvgIpc) is 3.46. The van der Waals surface area contributed by atoms with Gasteiger partial charge in [-0.2, -0.15) is 0 Å². The molecule has 3 atom stereocenters. The van der Waals surface area contributed by atoms with Gasteiger partial charge in [0, 0.05) is 18.0 Å². The number of nitrogens with one attached hydrogen (secondary N) is 2. The molecule has 3 rings (SSSR count). The second-order valence-corrected chi connectivity index (χ2v) is 7.92. The van der Waals surface area contributed by atoms with Gasteiger partial charge in [-0.3, -0.25) is 9.59 Å². The molecule has 148 valence electrons. The summed E-state index contributed by atoms with van der Waals surface area (Å²) in [4.78, 5) is 24.2. The van der Waals surface area contributed by atoms with Crippen LogP contribution in [0.2, 0.25) is 5.02 Å². The Balaban J connectivity index is 1.40. The number of halogens is 1. The Morgan fingerprint density at radius 2 is 1.81 bits per heavy atom. The van der Waals surface area contributed by atoms with Crippen LogP contribution in [-0.4, -0.2) is 41.8 Å². The van der Waals surface area contributed by atoms with Crippen LogP contribution in [0.3, 0.4) is 0 Å². The number of amides is 2. The Morgan fingerprint density at radius 3 is 2.48 bits per heavy atom. The first-order valence-electron chi connectivity index (χ1n) is 9.60. The molecule has 1 saturated carbocycles. The first-order valence-corrected chi connectivity index (χ1v) is 9.98. The van der Waals surface area contributed by atoms with Gasteiger partial charge in [0.05, 0.1) is 25.2 Å². The van der Waals surface area contributed by atoms with Gasteiger partial charge in [0.25, 0.3) is 0 Å². The molecule has 0 spiro atoms. The Bertz CT molecular complexity index is 648. The summed E-state index contributed by atoms with van der Waals surface area (Å²) >= 11 is 5.85. The van der Waals surface area contributed by atoms with Crippen molar-refractivity contribution in [3.05, 3.63) is 34.9 Å².